The lowest BCUT2D eigenvalue weighted by molar-refractivity contribution is -0.287. The quantitative estimate of drug-likeness (QED) is 0.232. The zero-order chi connectivity index (χ0) is 31.7. The SMILES string of the molecule is CCCCCOc1ccc(-c2nc(-c3ccc4c(c3)CCN4CC3(N(C(=O)O)C(C)(C)C)COC(C)(C)OC3)no2)cc1Cl. The van der Waals surface area contributed by atoms with Crippen molar-refractivity contribution < 1.29 is 28.6 Å². The predicted molar refractivity (Wildman–Crippen MR) is 169 cm³/mol. The third-order valence-corrected chi connectivity index (χ3v) is 8.43. The summed E-state index contributed by atoms with van der Waals surface area (Å²) in [7, 11) is 0. The topological polar surface area (TPSA) is 110 Å². The molecule has 44 heavy (non-hydrogen) atoms. The molecule has 2 aliphatic heterocycles. The standard InChI is InChI=1S/C33H43ClN4O6/c1-7-8-9-16-41-27-13-11-24(18-25(27)34)29-35-28(36-44-29)23-10-12-26-22(17-23)14-15-37(26)19-33(20-42-32(5,6)43-21-33)38(30(39)40)31(2,3)4/h10-13,17-18H,7-9,14-16,19-21H2,1-6H3,(H,39,40). The van der Waals surface area contributed by atoms with Gasteiger partial charge in [0.05, 0.1) is 24.8 Å². The number of fused-ring (bicyclic) bond motifs is 1. The molecule has 0 saturated carbocycles. The summed E-state index contributed by atoms with van der Waals surface area (Å²) in [6.45, 7) is 13.8. The van der Waals surface area contributed by atoms with Crippen LogP contribution in [0.1, 0.15) is 66.4 Å². The van der Waals surface area contributed by atoms with E-state index in [1.807, 2.05) is 58.9 Å². The van der Waals surface area contributed by atoms with Gasteiger partial charge in [-0.15, -0.1) is 0 Å². The fraction of sp³-hybridized carbons (Fsp3) is 0.545. The summed E-state index contributed by atoms with van der Waals surface area (Å²) in [4.78, 5) is 21.0. The van der Waals surface area contributed by atoms with E-state index in [1.54, 1.807) is 6.07 Å². The van der Waals surface area contributed by atoms with Gasteiger partial charge in [0.25, 0.3) is 5.89 Å². The van der Waals surface area contributed by atoms with Crippen LogP contribution < -0.4 is 9.64 Å². The molecule has 11 heteroatoms. The molecule has 3 aromatic rings. The molecule has 3 heterocycles. The van der Waals surface area contributed by atoms with Crippen molar-refractivity contribution in [2.24, 2.45) is 0 Å². The van der Waals surface area contributed by atoms with Crippen LogP contribution >= 0.6 is 11.6 Å². The number of carbonyl (C=O) groups is 1. The summed E-state index contributed by atoms with van der Waals surface area (Å²) in [5, 5.41) is 15.1. The number of anilines is 1. The molecule has 0 aliphatic carbocycles. The minimum absolute atomic E-state index is 0.231. The van der Waals surface area contributed by atoms with E-state index >= 15 is 0 Å². The Morgan fingerprint density at radius 3 is 2.50 bits per heavy atom. The zero-order valence-corrected chi connectivity index (χ0v) is 27.2. The molecule has 0 atom stereocenters. The van der Waals surface area contributed by atoms with Crippen molar-refractivity contribution in [1.82, 2.24) is 15.0 Å². The maximum Gasteiger partial charge on any atom is 0.408 e. The number of aromatic nitrogens is 2. The molecule has 1 saturated heterocycles. The first-order valence-corrected chi connectivity index (χ1v) is 15.7. The molecule has 238 valence electrons. The van der Waals surface area contributed by atoms with Crippen molar-refractivity contribution in [2.75, 3.05) is 37.8 Å². The largest absolute Gasteiger partial charge is 0.492 e. The first-order chi connectivity index (χ1) is 20.8. The second kappa shape index (κ2) is 12.6. The number of halogens is 1. The molecule has 0 radical (unpaired) electrons. The van der Waals surface area contributed by atoms with E-state index in [9.17, 15) is 9.90 Å². The highest BCUT2D eigenvalue weighted by Gasteiger charge is 2.51. The first-order valence-electron chi connectivity index (χ1n) is 15.3. The van der Waals surface area contributed by atoms with Gasteiger partial charge in [-0.1, -0.05) is 36.5 Å². The zero-order valence-electron chi connectivity index (χ0n) is 26.5. The second-order valence-corrected chi connectivity index (χ2v) is 13.5. The van der Waals surface area contributed by atoms with Crippen LogP contribution in [0.25, 0.3) is 22.8 Å². The Kier molecular flexibility index (Phi) is 9.16. The maximum atomic E-state index is 12.6. The molecular formula is C33H43ClN4O6. The summed E-state index contributed by atoms with van der Waals surface area (Å²) in [5.74, 6) is 0.720. The number of nitrogens with zero attached hydrogens (tertiary/aromatic N) is 4. The van der Waals surface area contributed by atoms with Crippen molar-refractivity contribution >= 4 is 23.4 Å². The minimum atomic E-state index is -0.998. The van der Waals surface area contributed by atoms with Crippen molar-refractivity contribution in [1.29, 1.82) is 0 Å². The Morgan fingerprint density at radius 1 is 1.11 bits per heavy atom. The number of hydrogen-bond acceptors (Lipinski definition) is 8. The number of ether oxygens (including phenoxy) is 3. The van der Waals surface area contributed by atoms with Gasteiger partial charge in [0, 0.05) is 35.4 Å². The van der Waals surface area contributed by atoms with Gasteiger partial charge in [0.1, 0.15) is 11.3 Å². The van der Waals surface area contributed by atoms with E-state index in [0.717, 1.165) is 49.0 Å². The summed E-state index contributed by atoms with van der Waals surface area (Å²) >= 11 is 6.48. The number of hydrogen-bond donors (Lipinski definition) is 1. The van der Waals surface area contributed by atoms with Crippen LogP contribution in [0.5, 0.6) is 5.75 Å². The third-order valence-electron chi connectivity index (χ3n) is 8.14. The van der Waals surface area contributed by atoms with Crippen LogP contribution in [0.4, 0.5) is 10.5 Å². The average Bonchev–Trinajstić information content (AvgIpc) is 3.60. The monoisotopic (exact) mass is 626 g/mol. The van der Waals surface area contributed by atoms with E-state index in [1.165, 1.54) is 4.90 Å². The van der Waals surface area contributed by atoms with Crippen LogP contribution in [-0.2, 0) is 15.9 Å². The fourth-order valence-electron chi connectivity index (χ4n) is 6.06. The Bertz CT molecular complexity index is 1470. The van der Waals surface area contributed by atoms with Crippen LogP contribution in [0, 0.1) is 0 Å². The Morgan fingerprint density at radius 2 is 1.84 bits per heavy atom. The van der Waals surface area contributed by atoms with Gasteiger partial charge in [0.15, 0.2) is 5.79 Å². The van der Waals surface area contributed by atoms with Crippen molar-refractivity contribution in [3.63, 3.8) is 0 Å². The molecular weight excluding hydrogens is 584 g/mol. The third kappa shape index (κ3) is 6.82. The Hall–Kier alpha value is -3.34. The Labute approximate surface area is 264 Å². The lowest BCUT2D eigenvalue weighted by atomic mass is 9.90. The van der Waals surface area contributed by atoms with Gasteiger partial charge in [-0.25, -0.2) is 4.79 Å². The molecule has 0 unspecified atom stereocenters. The molecule has 10 nitrogen and oxygen atoms in total. The van der Waals surface area contributed by atoms with E-state index in [4.69, 9.17) is 30.3 Å². The molecule has 0 bridgehead atoms. The first kappa shape index (κ1) is 32.1. The lowest BCUT2D eigenvalue weighted by Crippen LogP contribution is -2.70. The van der Waals surface area contributed by atoms with Crippen molar-refractivity contribution in [3.05, 3.63) is 47.0 Å². The molecule has 2 aliphatic rings. The van der Waals surface area contributed by atoms with E-state index in [2.05, 4.69) is 28.0 Å². The highest BCUT2D eigenvalue weighted by molar-refractivity contribution is 6.32. The molecule has 1 fully saturated rings. The van der Waals surface area contributed by atoms with Gasteiger partial charge in [0.2, 0.25) is 5.82 Å². The minimum Gasteiger partial charge on any atom is -0.492 e. The summed E-state index contributed by atoms with van der Waals surface area (Å²) in [5.41, 5.74) is 2.18. The summed E-state index contributed by atoms with van der Waals surface area (Å²) in [6.07, 6.45) is 3.04. The molecule has 1 amide bonds. The van der Waals surface area contributed by atoms with Crippen molar-refractivity contribution in [3.8, 4) is 28.6 Å². The normalized spacial score (nSPS) is 17.4. The molecule has 1 N–H and O–H groups in total. The van der Waals surface area contributed by atoms with Gasteiger partial charge in [-0.3, -0.25) is 4.90 Å². The molecule has 2 aromatic carbocycles. The van der Waals surface area contributed by atoms with Gasteiger partial charge >= 0.3 is 6.09 Å². The predicted octanol–water partition coefficient (Wildman–Crippen LogP) is 7.29. The number of benzene rings is 2. The molecule has 5 rings (SSSR count). The van der Waals surface area contributed by atoms with Gasteiger partial charge in [-0.2, -0.15) is 4.98 Å². The number of rotatable bonds is 10. The van der Waals surface area contributed by atoms with Gasteiger partial charge in [-0.05, 0) is 89.4 Å². The summed E-state index contributed by atoms with van der Waals surface area (Å²) < 4.78 is 23.5. The highest BCUT2D eigenvalue weighted by Crippen LogP contribution is 2.38. The maximum absolute atomic E-state index is 12.6. The second-order valence-electron chi connectivity index (χ2n) is 13.1. The fourth-order valence-corrected chi connectivity index (χ4v) is 6.30. The van der Waals surface area contributed by atoms with E-state index < -0.39 is 23.0 Å². The van der Waals surface area contributed by atoms with E-state index in [0.29, 0.717) is 41.2 Å². The smallest absolute Gasteiger partial charge is 0.408 e. The van der Waals surface area contributed by atoms with Crippen molar-refractivity contribution in [2.45, 2.75) is 84.1 Å². The van der Waals surface area contributed by atoms with Crippen LogP contribution in [0.15, 0.2) is 40.9 Å². The number of amides is 1. The molecule has 0 spiro atoms. The van der Waals surface area contributed by atoms with Crippen LogP contribution in [0.3, 0.4) is 0 Å². The number of unbranched alkanes of at least 4 members (excludes halogenated alkanes) is 2. The average molecular weight is 627 g/mol. The van der Waals surface area contributed by atoms with Gasteiger partial charge < -0.3 is 28.7 Å². The van der Waals surface area contributed by atoms with Crippen LogP contribution in [0.2, 0.25) is 5.02 Å². The summed E-state index contributed by atoms with van der Waals surface area (Å²) in [6, 6.07) is 11.6. The van der Waals surface area contributed by atoms with E-state index in [-0.39, 0.29) is 13.2 Å². The lowest BCUT2D eigenvalue weighted by Gasteiger charge is -2.54. The highest BCUT2D eigenvalue weighted by atomic mass is 35.5. The number of carboxylic acid groups (broad SMARTS) is 1. The van der Waals surface area contributed by atoms with Crippen LogP contribution in [-0.4, -0.2) is 76.0 Å². The Balaban J connectivity index is 1.34. The molecule has 1 aromatic heterocycles.